The monoisotopic (exact) mass is 404 g/mol. The van der Waals surface area contributed by atoms with E-state index in [1.54, 1.807) is 39.7 Å². The molecule has 0 saturated carbocycles. The lowest BCUT2D eigenvalue weighted by Crippen LogP contribution is -2.36. The van der Waals surface area contributed by atoms with Crippen molar-refractivity contribution >= 4 is 5.65 Å². The summed E-state index contributed by atoms with van der Waals surface area (Å²) in [6.07, 6.45) is 8.78. The van der Waals surface area contributed by atoms with E-state index in [4.69, 9.17) is 0 Å². The van der Waals surface area contributed by atoms with Gasteiger partial charge in [0.15, 0.2) is 0 Å². The summed E-state index contributed by atoms with van der Waals surface area (Å²) < 4.78 is 16.7. The molecule has 7 nitrogen and oxygen atoms in total. The minimum Gasteiger partial charge on any atom is -0.304 e. The Hall–Kier alpha value is -3.39. The molecule has 0 radical (unpaired) electrons. The number of fused-ring (bicyclic) bond motifs is 1. The molecule has 152 valence electrons. The van der Waals surface area contributed by atoms with Crippen LogP contribution < -0.4 is 5.56 Å². The van der Waals surface area contributed by atoms with E-state index in [0.717, 1.165) is 42.0 Å². The van der Waals surface area contributed by atoms with Gasteiger partial charge in [-0.1, -0.05) is 0 Å². The van der Waals surface area contributed by atoms with Crippen LogP contribution in [0.2, 0.25) is 0 Å². The number of pyridine rings is 2. The zero-order chi connectivity index (χ0) is 20.5. The summed E-state index contributed by atoms with van der Waals surface area (Å²) in [7, 11) is 0. The second-order valence-corrected chi connectivity index (χ2v) is 7.59. The van der Waals surface area contributed by atoms with E-state index < -0.39 is 0 Å². The summed E-state index contributed by atoms with van der Waals surface area (Å²) >= 11 is 0. The number of rotatable bonds is 5. The van der Waals surface area contributed by atoms with Crippen LogP contribution in [0.15, 0.2) is 66.0 Å². The fourth-order valence-electron chi connectivity index (χ4n) is 4.07. The van der Waals surface area contributed by atoms with E-state index in [1.165, 1.54) is 12.3 Å². The van der Waals surface area contributed by atoms with Crippen molar-refractivity contribution in [1.29, 1.82) is 0 Å². The van der Waals surface area contributed by atoms with E-state index >= 15 is 0 Å². The number of likely N-dealkylation sites (tertiary alicyclic amines) is 1. The van der Waals surface area contributed by atoms with Crippen molar-refractivity contribution in [3.8, 4) is 11.3 Å². The number of imidazole rings is 1. The van der Waals surface area contributed by atoms with E-state index in [2.05, 4.69) is 20.0 Å². The van der Waals surface area contributed by atoms with Crippen LogP contribution in [0.1, 0.15) is 18.5 Å². The maximum absolute atomic E-state index is 13.4. The molecule has 1 saturated heterocycles. The van der Waals surface area contributed by atoms with Gasteiger partial charge in [-0.3, -0.25) is 14.7 Å². The Bertz CT molecular complexity index is 1240. The molecule has 1 aliphatic heterocycles. The lowest BCUT2D eigenvalue weighted by Gasteiger charge is -2.23. The molecule has 4 aromatic rings. The van der Waals surface area contributed by atoms with E-state index in [1.807, 2.05) is 18.3 Å². The number of hydrogen-bond donors (Lipinski definition) is 0. The molecule has 0 aliphatic carbocycles. The lowest BCUT2D eigenvalue weighted by atomic mass is 10.2. The summed E-state index contributed by atoms with van der Waals surface area (Å²) in [5.74, 6) is -0.287. The average molecular weight is 404 g/mol. The van der Waals surface area contributed by atoms with Crippen LogP contribution in [0.3, 0.4) is 0 Å². The molecule has 1 unspecified atom stereocenters. The third-order valence-corrected chi connectivity index (χ3v) is 5.56. The molecule has 5 rings (SSSR count). The van der Waals surface area contributed by atoms with Gasteiger partial charge in [0.2, 0.25) is 0 Å². The van der Waals surface area contributed by atoms with Crippen LogP contribution in [0, 0.1) is 5.82 Å². The molecule has 4 aromatic heterocycles. The Morgan fingerprint density at radius 3 is 2.80 bits per heavy atom. The van der Waals surface area contributed by atoms with Crippen LogP contribution in [0.25, 0.3) is 16.9 Å². The van der Waals surface area contributed by atoms with Gasteiger partial charge in [0.25, 0.3) is 5.56 Å². The maximum atomic E-state index is 13.4. The lowest BCUT2D eigenvalue weighted by molar-refractivity contribution is 0.215. The van der Waals surface area contributed by atoms with Gasteiger partial charge < -0.3 is 4.40 Å². The van der Waals surface area contributed by atoms with Crippen LogP contribution >= 0.6 is 0 Å². The molecule has 0 aromatic carbocycles. The molecule has 0 spiro atoms. The van der Waals surface area contributed by atoms with E-state index in [0.29, 0.717) is 13.1 Å². The van der Waals surface area contributed by atoms with Gasteiger partial charge in [-0.2, -0.15) is 5.10 Å². The third kappa shape index (κ3) is 3.73. The first kappa shape index (κ1) is 18.6. The normalized spacial score (nSPS) is 17.0. The number of nitrogens with zero attached hydrogens (tertiary/aromatic N) is 6. The highest BCUT2D eigenvalue weighted by molar-refractivity contribution is 5.57. The third-order valence-electron chi connectivity index (χ3n) is 5.56. The van der Waals surface area contributed by atoms with Crippen molar-refractivity contribution < 1.29 is 4.39 Å². The van der Waals surface area contributed by atoms with Crippen molar-refractivity contribution in [3.05, 3.63) is 83.1 Å². The molecule has 8 heteroatoms. The molecular formula is C22H21FN6O. The first-order chi connectivity index (χ1) is 14.7. The number of halogens is 1. The molecule has 1 fully saturated rings. The summed E-state index contributed by atoms with van der Waals surface area (Å²) in [5.41, 5.74) is 3.19. The molecular weight excluding hydrogens is 383 g/mol. The summed E-state index contributed by atoms with van der Waals surface area (Å²) in [6.45, 7) is 2.12. The Labute approximate surface area is 172 Å². The molecule has 0 bridgehead atoms. The molecule has 5 heterocycles. The molecule has 0 amide bonds. The number of hydrogen-bond acceptors (Lipinski definition) is 5. The van der Waals surface area contributed by atoms with E-state index in [9.17, 15) is 9.18 Å². The Balaban J connectivity index is 1.36. The van der Waals surface area contributed by atoms with Gasteiger partial charge in [-0.25, -0.2) is 14.1 Å². The van der Waals surface area contributed by atoms with Gasteiger partial charge in [0, 0.05) is 49.0 Å². The largest absolute Gasteiger partial charge is 0.304 e. The molecule has 30 heavy (non-hydrogen) atoms. The standard InChI is InChI=1S/C22H21FN6O/c23-17-3-5-21-25-18(14-28(21)12-17)13-27-11-1-2-19(27)15-29-22(30)6-4-20(26-29)16-7-9-24-10-8-16/h3-10,12,14,19H,1-2,11,13,15H2. The minimum absolute atomic E-state index is 0.108. The van der Waals surface area contributed by atoms with Crippen LogP contribution in [0.5, 0.6) is 0 Å². The maximum Gasteiger partial charge on any atom is 0.266 e. The van der Waals surface area contributed by atoms with E-state index in [-0.39, 0.29) is 17.4 Å². The zero-order valence-electron chi connectivity index (χ0n) is 16.4. The number of aromatic nitrogens is 5. The molecule has 1 atom stereocenters. The predicted octanol–water partition coefficient (Wildman–Crippen LogP) is 2.76. The first-order valence-electron chi connectivity index (χ1n) is 10.0. The minimum atomic E-state index is -0.287. The quantitative estimate of drug-likeness (QED) is 0.512. The van der Waals surface area contributed by atoms with Crippen LogP contribution in [-0.2, 0) is 13.1 Å². The predicted molar refractivity (Wildman–Crippen MR) is 110 cm³/mol. The highest BCUT2D eigenvalue weighted by Crippen LogP contribution is 2.22. The summed E-state index contributed by atoms with van der Waals surface area (Å²) in [5, 5.41) is 4.58. The Morgan fingerprint density at radius 1 is 1.07 bits per heavy atom. The van der Waals surface area contributed by atoms with Crippen molar-refractivity contribution in [1.82, 2.24) is 29.0 Å². The van der Waals surface area contributed by atoms with Gasteiger partial charge >= 0.3 is 0 Å². The molecule has 1 aliphatic rings. The zero-order valence-corrected chi connectivity index (χ0v) is 16.4. The fourth-order valence-corrected chi connectivity index (χ4v) is 4.07. The SMILES string of the molecule is O=c1ccc(-c2ccncc2)nn1CC1CCCN1Cc1cn2cc(F)ccc2n1. The Morgan fingerprint density at radius 2 is 1.93 bits per heavy atom. The van der Waals surface area contributed by atoms with Gasteiger partial charge in [-0.15, -0.1) is 0 Å². The van der Waals surface area contributed by atoms with Crippen LogP contribution in [0.4, 0.5) is 4.39 Å². The van der Waals surface area contributed by atoms with Crippen molar-refractivity contribution in [3.63, 3.8) is 0 Å². The second-order valence-electron chi connectivity index (χ2n) is 7.59. The average Bonchev–Trinajstić information content (AvgIpc) is 3.36. The molecule has 0 N–H and O–H groups in total. The van der Waals surface area contributed by atoms with Crippen molar-refractivity contribution in [2.45, 2.75) is 32.0 Å². The van der Waals surface area contributed by atoms with Crippen molar-refractivity contribution in [2.24, 2.45) is 0 Å². The first-order valence-corrected chi connectivity index (χ1v) is 10.0. The highest BCUT2D eigenvalue weighted by Gasteiger charge is 2.26. The van der Waals surface area contributed by atoms with Crippen molar-refractivity contribution in [2.75, 3.05) is 6.54 Å². The van der Waals surface area contributed by atoms with Gasteiger partial charge in [-0.05, 0) is 49.7 Å². The summed E-state index contributed by atoms with van der Waals surface area (Å²) in [4.78, 5) is 23.4. The van der Waals surface area contributed by atoms with Gasteiger partial charge in [0.05, 0.1) is 17.9 Å². The van der Waals surface area contributed by atoms with Gasteiger partial charge in [0.1, 0.15) is 11.5 Å². The summed E-state index contributed by atoms with van der Waals surface area (Å²) in [6, 6.07) is 10.4. The Kier molecular flexibility index (Phi) is 4.84. The second kappa shape index (κ2) is 7.79. The van der Waals surface area contributed by atoms with Crippen LogP contribution in [-0.4, -0.2) is 41.6 Å². The highest BCUT2D eigenvalue weighted by atomic mass is 19.1. The fraction of sp³-hybridized carbons (Fsp3) is 0.273. The topological polar surface area (TPSA) is 68.3 Å². The smallest absolute Gasteiger partial charge is 0.266 e.